The van der Waals surface area contributed by atoms with E-state index in [-0.39, 0.29) is 18.5 Å². The maximum absolute atomic E-state index is 13.1. The summed E-state index contributed by atoms with van der Waals surface area (Å²) >= 11 is 3.25. The predicted molar refractivity (Wildman–Crippen MR) is 131 cm³/mol. The molecule has 3 heterocycles. The summed E-state index contributed by atoms with van der Waals surface area (Å²) in [6, 6.07) is 12.2. The molecule has 0 unspecified atom stereocenters. The van der Waals surface area contributed by atoms with Gasteiger partial charge >= 0.3 is 5.97 Å². The van der Waals surface area contributed by atoms with E-state index < -0.39 is 5.97 Å². The van der Waals surface area contributed by atoms with Crippen LogP contribution in [0.25, 0.3) is 0 Å². The lowest BCUT2D eigenvalue weighted by atomic mass is 9.92. The first-order valence-electron chi connectivity index (χ1n) is 10.8. The maximum atomic E-state index is 13.1. The summed E-state index contributed by atoms with van der Waals surface area (Å²) in [5.41, 5.74) is 4.53. The van der Waals surface area contributed by atoms with E-state index >= 15 is 0 Å². The van der Waals surface area contributed by atoms with Gasteiger partial charge in [-0.25, -0.2) is 4.79 Å². The lowest BCUT2D eigenvalue weighted by Crippen LogP contribution is -2.40. The Morgan fingerprint density at radius 1 is 1.19 bits per heavy atom. The van der Waals surface area contributed by atoms with Crippen LogP contribution < -0.4 is 5.32 Å². The molecule has 0 spiro atoms. The van der Waals surface area contributed by atoms with E-state index in [2.05, 4.69) is 48.3 Å². The van der Waals surface area contributed by atoms with Crippen LogP contribution in [0.5, 0.6) is 0 Å². The van der Waals surface area contributed by atoms with Crippen molar-refractivity contribution in [3.05, 3.63) is 73.3 Å². The van der Waals surface area contributed by atoms with Gasteiger partial charge < -0.3 is 10.1 Å². The van der Waals surface area contributed by atoms with Crippen molar-refractivity contribution in [3.63, 3.8) is 0 Å². The number of esters is 1. The molecule has 1 N–H and O–H groups in total. The zero-order chi connectivity index (χ0) is 22.8. The van der Waals surface area contributed by atoms with Crippen LogP contribution >= 0.6 is 22.7 Å². The molecule has 1 aliphatic rings. The number of carbonyl (C=O) groups excluding carboxylic acids is 2. The minimum atomic E-state index is -0.435. The van der Waals surface area contributed by atoms with Crippen molar-refractivity contribution < 1.29 is 14.3 Å². The van der Waals surface area contributed by atoms with E-state index in [4.69, 9.17) is 4.74 Å². The molecule has 7 heteroatoms. The van der Waals surface area contributed by atoms with Gasteiger partial charge in [-0.3, -0.25) is 9.69 Å². The Morgan fingerprint density at radius 2 is 1.94 bits per heavy atom. The Morgan fingerprint density at radius 3 is 2.62 bits per heavy atom. The van der Waals surface area contributed by atoms with E-state index in [1.807, 2.05) is 24.3 Å². The molecule has 0 aliphatic carbocycles. The average Bonchev–Trinajstić information content (AvgIpc) is 3.31. The summed E-state index contributed by atoms with van der Waals surface area (Å²) in [7, 11) is 1.35. The Balaban J connectivity index is 1.61. The van der Waals surface area contributed by atoms with Crippen LogP contribution in [-0.4, -0.2) is 37.0 Å². The van der Waals surface area contributed by atoms with Crippen LogP contribution in [0.3, 0.4) is 0 Å². The van der Waals surface area contributed by atoms with Crippen molar-refractivity contribution in [2.24, 2.45) is 0 Å². The molecule has 1 amide bonds. The number of hydrogen-bond donors (Lipinski definition) is 1. The molecule has 0 saturated heterocycles. The van der Waals surface area contributed by atoms with Gasteiger partial charge in [-0.2, -0.15) is 0 Å². The van der Waals surface area contributed by atoms with Crippen LogP contribution in [0.1, 0.15) is 54.6 Å². The number of aryl methyl sites for hydroxylation is 2. The maximum Gasteiger partial charge on any atom is 0.340 e. The zero-order valence-corrected chi connectivity index (χ0v) is 20.5. The molecule has 1 aliphatic heterocycles. The standard InChI is InChI=1S/C25H28N2O3S2/c1-5-18-16(3)32-23-19(18)11-12-27(22(23)17-9-7-6-8-10-17)14-21(28)26-24-20(25(29)30-4)13-15(2)31-24/h6-10,13,22H,5,11-12,14H2,1-4H3,(H,26,28)/t22-/m1/s1. The summed E-state index contributed by atoms with van der Waals surface area (Å²) in [4.78, 5) is 31.1. The van der Waals surface area contributed by atoms with Gasteiger partial charge in [0.1, 0.15) is 5.00 Å². The van der Waals surface area contributed by atoms with Crippen molar-refractivity contribution in [2.45, 2.75) is 39.7 Å². The van der Waals surface area contributed by atoms with E-state index in [0.29, 0.717) is 10.6 Å². The first-order chi connectivity index (χ1) is 15.4. The number of fused-ring (bicyclic) bond motifs is 1. The molecule has 5 nitrogen and oxygen atoms in total. The molecular weight excluding hydrogens is 440 g/mol. The monoisotopic (exact) mass is 468 g/mol. The number of benzene rings is 1. The van der Waals surface area contributed by atoms with E-state index in [1.54, 1.807) is 6.07 Å². The van der Waals surface area contributed by atoms with Gasteiger partial charge in [0.05, 0.1) is 25.3 Å². The molecule has 168 valence electrons. The highest BCUT2D eigenvalue weighted by Gasteiger charge is 2.33. The molecule has 2 aromatic heterocycles. The van der Waals surface area contributed by atoms with Gasteiger partial charge in [-0.15, -0.1) is 22.7 Å². The molecule has 32 heavy (non-hydrogen) atoms. The highest BCUT2D eigenvalue weighted by molar-refractivity contribution is 7.16. The highest BCUT2D eigenvalue weighted by atomic mass is 32.1. The smallest absolute Gasteiger partial charge is 0.340 e. The summed E-state index contributed by atoms with van der Waals surface area (Å²) < 4.78 is 4.87. The first-order valence-corrected chi connectivity index (χ1v) is 12.4. The number of methoxy groups -OCH3 is 1. The van der Waals surface area contributed by atoms with E-state index in [9.17, 15) is 9.59 Å². The normalized spacial score (nSPS) is 15.9. The van der Waals surface area contributed by atoms with Crippen molar-refractivity contribution in [3.8, 4) is 0 Å². The second kappa shape index (κ2) is 9.57. The van der Waals surface area contributed by atoms with Gasteiger partial charge in [0.2, 0.25) is 5.91 Å². The van der Waals surface area contributed by atoms with Gasteiger partial charge in [0.25, 0.3) is 0 Å². The molecule has 0 radical (unpaired) electrons. The summed E-state index contributed by atoms with van der Waals surface area (Å²) in [5, 5.41) is 3.51. The minimum absolute atomic E-state index is 0.0554. The number of amides is 1. The lowest BCUT2D eigenvalue weighted by Gasteiger charge is -2.36. The molecule has 0 fully saturated rings. The second-order valence-corrected chi connectivity index (χ2v) is 10.5. The Labute approximate surface area is 197 Å². The number of hydrogen-bond acceptors (Lipinski definition) is 6. The molecule has 0 bridgehead atoms. The van der Waals surface area contributed by atoms with Gasteiger partial charge in [-0.05, 0) is 49.4 Å². The van der Waals surface area contributed by atoms with Crippen LogP contribution in [0.4, 0.5) is 5.00 Å². The fraction of sp³-hybridized carbons (Fsp3) is 0.360. The van der Waals surface area contributed by atoms with E-state index in [0.717, 1.165) is 24.3 Å². The third-order valence-corrected chi connectivity index (χ3v) is 8.15. The summed E-state index contributed by atoms with van der Waals surface area (Å²) in [6.07, 6.45) is 1.98. The Bertz CT molecular complexity index is 1130. The number of anilines is 1. The highest BCUT2D eigenvalue weighted by Crippen LogP contribution is 2.42. The van der Waals surface area contributed by atoms with Crippen molar-refractivity contribution in [1.82, 2.24) is 4.90 Å². The predicted octanol–water partition coefficient (Wildman–Crippen LogP) is 5.36. The number of thiophene rings is 2. The number of ether oxygens (including phenoxy) is 1. The fourth-order valence-corrected chi connectivity index (χ4v) is 6.93. The van der Waals surface area contributed by atoms with Crippen molar-refractivity contribution in [1.29, 1.82) is 0 Å². The van der Waals surface area contributed by atoms with Crippen molar-refractivity contribution >= 4 is 39.6 Å². The lowest BCUT2D eigenvalue weighted by molar-refractivity contribution is -0.117. The van der Waals surface area contributed by atoms with Crippen LogP contribution in [0, 0.1) is 13.8 Å². The molecule has 4 rings (SSSR count). The topological polar surface area (TPSA) is 58.6 Å². The summed E-state index contributed by atoms with van der Waals surface area (Å²) in [5.74, 6) is -0.555. The van der Waals surface area contributed by atoms with Crippen LogP contribution in [0.2, 0.25) is 0 Å². The van der Waals surface area contributed by atoms with Crippen molar-refractivity contribution in [2.75, 3.05) is 25.5 Å². The molecule has 3 aromatic rings. The second-order valence-electron chi connectivity index (χ2n) is 8.01. The van der Waals surface area contributed by atoms with Gasteiger partial charge in [-0.1, -0.05) is 37.3 Å². The third-order valence-electron chi connectivity index (χ3n) is 5.94. The quantitative estimate of drug-likeness (QED) is 0.495. The number of carbonyl (C=O) groups is 2. The first kappa shape index (κ1) is 22.7. The largest absolute Gasteiger partial charge is 0.465 e. The molecular formula is C25H28N2O3S2. The average molecular weight is 469 g/mol. The molecule has 1 atom stereocenters. The molecule has 0 saturated carbocycles. The summed E-state index contributed by atoms with van der Waals surface area (Å²) in [6.45, 7) is 7.41. The minimum Gasteiger partial charge on any atom is -0.465 e. The van der Waals surface area contributed by atoms with Gasteiger partial charge in [0.15, 0.2) is 0 Å². The zero-order valence-electron chi connectivity index (χ0n) is 18.9. The van der Waals surface area contributed by atoms with Crippen LogP contribution in [-0.2, 0) is 22.4 Å². The number of rotatable bonds is 6. The van der Waals surface area contributed by atoms with E-state index in [1.165, 1.54) is 44.9 Å². The third kappa shape index (κ3) is 4.37. The fourth-order valence-electron chi connectivity index (χ4n) is 4.54. The Hall–Kier alpha value is -2.48. The number of nitrogens with one attached hydrogen (secondary N) is 1. The molecule has 1 aromatic carbocycles. The van der Waals surface area contributed by atoms with Crippen LogP contribution in [0.15, 0.2) is 36.4 Å². The number of nitrogens with zero attached hydrogens (tertiary/aromatic N) is 1. The Kier molecular flexibility index (Phi) is 6.79. The SMILES string of the molecule is CCc1c(C)sc2c1CCN(CC(=O)Nc1sc(C)cc1C(=O)OC)[C@@H]2c1ccccc1. The van der Waals surface area contributed by atoms with Gasteiger partial charge in [0, 0.05) is 21.2 Å².